The fourth-order valence-electron chi connectivity index (χ4n) is 3.42. The van der Waals surface area contributed by atoms with Gasteiger partial charge in [0.25, 0.3) is 0 Å². The zero-order valence-corrected chi connectivity index (χ0v) is 18.4. The van der Waals surface area contributed by atoms with E-state index in [4.69, 9.17) is 4.99 Å². The Labute approximate surface area is 188 Å². The Kier molecular flexibility index (Phi) is 6.91. The Balaban J connectivity index is 1.40. The predicted octanol–water partition coefficient (Wildman–Crippen LogP) is 3.08. The number of aliphatic imine (C=N–C) groups is 1. The molecule has 8 heteroatoms. The smallest absolute Gasteiger partial charge is 0.191 e. The van der Waals surface area contributed by atoms with Gasteiger partial charge < -0.3 is 10.6 Å². The molecule has 2 N–H and O–H groups in total. The van der Waals surface area contributed by atoms with Crippen LogP contribution in [0.4, 0.5) is 0 Å². The molecule has 3 aromatic heterocycles. The molecule has 1 aromatic carbocycles. The zero-order chi connectivity index (χ0) is 22.2. The summed E-state index contributed by atoms with van der Waals surface area (Å²) in [6, 6.07) is 14.4. The molecular weight excluding hydrogens is 400 g/mol. The summed E-state index contributed by atoms with van der Waals surface area (Å²) in [6.45, 7) is 6.78. The van der Waals surface area contributed by atoms with E-state index in [0.29, 0.717) is 13.1 Å². The molecule has 0 bridgehead atoms. The van der Waals surface area contributed by atoms with Gasteiger partial charge in [-0.25, -0.2) is 15.0 Å². The maximum Gasteiger partial charge on any atom is 0.191 e. The van der Waals surface area contributed by atoms with Crippen molar-refractivity contribution in [1.82, 2.24) is 34.9 Å². The largest absolute Gasteiger partial charge is 0.357 e. The summed E-state index contributed by atoms with van der Waals surface area (Å²) < 4.78 is 3.89. The molecule has 4 rings (SSSR count). The van der Waals surface area contributed by atoms with Gasteiger partial charge in [-0.3, -0.25) is 9.25 Å². The van der Waals surface area contributed by atoms with E-state index in [0.717, 1.165) is 36.3 Å². The molecule has 32 heavy (non-hydrogen) atoms. The number of aryl methyl sites for hydroxylation is 1. The van der Waals surface area contributed by atoms with E-state index in [2.05, 4.69) is 56.9 Å². The average molecular weight is 429 g/mol. The lowest BCUT2D eigenvalue weighted by Gasteiger charge is -2.14. The lowest BCUT2D eigenvalue weighted by Crippen LogP contribution is -2.37. The summed E-state index contributed by atoms with van der Waals surface area (Å²) in [6.07, 6.45) is 9.32. The van der Waals surface area contributed by atoms with Crippen LogP contribution < -0.4 is 10.6 Å². The summed E-state index contributed by atoms with van der Waals surface area (Å²) in [5, 5.41) is 11.1. The van der Waals surface area contributed by atoms with Gasteiger partial charge in [0.15, 0.2) is 5.96 Å². The second-order valence-electron chi connectivity index (χ2n) is 7.39. The molecule has 0 spiro atoms. The minimum Gasteiger partial charge on any atom is -0.357 e. The first-order chi connectivity index (χ1) is 15.7. The van der Waals surface area contributed by atoms with Gasteiger partial charge in [-0.05, 0) is 42.7 Å². The monoisotopic (exact) mass is 428 g/mol. The Morgan fingerprint density at radius 2 is 1.84 bits per heavy atom. The molecule has 0 unspecified atom stereocenters. The van der Waals surface area contributed by atoms with E-state index >= 15 is 0 Å². The summed E-state index contributed by atoms with van der Waals surface area (Å²) >= 11 is 0. The molecule has 0 amide bonds. The number of nitrogens with zero attached hydrogens (tertiary/aromatic N) is 6. The van der Waals surface area contributed by atoms with Crippen molar-refractivity contribution in [3.05, 3.63) is 96.0 Å². The molecule has 0 aliphatic rings. The van der Waals surface area contributed by atoms with Crippen LogP contribution in [0, 0.1) is 6.92 Å². The fraction of sp³-hybridized carbons (Fsp3) is 0.250. The van der Waals surface area contributed by atoms with Crippen LogP contribution in [0.1, 0.15) is 29.4 Å². The second-order valence-corrected chi connectivity index (χ2v) is 7.39. The lowest BCUT2D eigenvalue weighted by atomic mass is 10.1. The van der Waals surface area contributed by atoms with E-state index in [1.165, 1.54) is 11.1 Å². The molecule has 0 aliphatic carbocycles. The maximum absolute atomic E-state index is 4.73. The van der Waals surface area contributed by atoms with Crippen molar-refractivity contribution in [2.75, 3.05) is 6.54 Å². The number of rotatable bonds is 8. The van der Waals surface area contributed by atoms with Gasteiger partial charge in [-0.2, -0.15) is 5.10 Å². The number of hydrogen-bond donors (Lipinski definition) is 2. The topological polar surface area (TPSA) is 85.0 Å². The first kappa shape index (κ1) is 21.3. The van der Waals surface area contributed by atoms with Crippen molar-refractivity contribution in [2.45, 2.75) is 33.5 Å². The molecule has 0 atom stereocenters. The van der Waals surface area contributed by atoms with E-state index in [-0.39, 0.29) is 0 Å². The third-order valence-corrected chi connectivity index (χ3v) is 5.10. The van der Waals surface area contributed by atoms with Gasteiger partial charge >= 0.3 is 0 Å². The van der Waals surface area contributed by atoms with Crippen molar-refractivity contribution in [1.29, 1.82) is 0 Å². The molecule has 4 aromatic rings. The van der Waals surface area contributed by atoms with Crippen LogP contribution in [-0.2, 0) is 19.6 Å². The molecule has 0 saturated carbocycles. The van der Waals surface area contributed by atoms with Crippen LogP contribution in [-0.4, -0.2) is 36.8 Å². The Morgan fingerprint density at radius 1 is 0.969 bits per heavy atom. The Bertz CT molecular complexity index is 1140. The molecule has 164 valence electrons. The normalized spacial score (nSPS) is 11.5. The van der Waals surface area contributed by atoms with E-state index < -0.39 is 0 Å². The number of hydrogen-bond acceptors (Lipinski definition) is 4. The highest BCUT2D eigenvalue weighted by atomic mass is 15.3. The Hall–Kier alpha value is -3.94. The first-order valence-electron chi connectivity index (χ1n) is 10.7. The number of guanidine groups is 1. The average Bonchev–Trinajstić information content (AvgIpc) is 3.49. The molecule has 0 fully saturated rings. The molecular formula is C24H28N8. The highest BCUT2D eigenvalue weighted by Crippen LogP contribution is 2.11. The Morgan fingerprint density at radius 3 is 2.53 bits per heavy atom. The molecule has 8 nitrogen and oxygen atoms in total. The van der Waals surface area contributed by atoms with Crippen molar-refractivity contribution in [2.24, 2.45) is 4.99 Å². The van der Waals surface area contributed by atoms with Crippen molar-refractivity contribution in [3.8, 4) is 5.82 Å². The number of pyridine rings is 1. The minimum absolute atomic E-state index is 0.542. The van der Waals surface area contributed by atoms with Gasteiger partial charge in [-0.1, -0.05) is 30.3 Å². The third kappa shape index (κ3) is 5.40. The van der Waals surface area contributed by atoms with Crippen LogP contribution in [0.2, 0.25) is 0 Å². The number of benzene rings is 1. The summed E-state index contributed by atoms with van der Waals surface area (Å²) in [4.78, 5) is 13.5. The predicted molar refractivity (Wildman–Crippen MR) is 126 cm³/mol. The molecule has 0 radical (unpaired) electrons. The second kappa shape index (κ2) is 10.4. The van der Waals surface area contributed by atoms with Crippen molar-refractivity contribution >= 4 is 5.96 Å². The van der Waals surface area contributed by atoms with Gasteiger partial charge in [0.2, 0.25) is 0 Å². The van der Waals surface area contributed by atoms with Crippen LogP contribution >= 0.6 is 0 Å². The standard InChI is InChI=1S/C24H28N8/c1-3-25-24(28-16-20-9-10-23(27-15-20)32-14-12-26-19(32)2)29-17-21-7-4-5-8-22(21)18-31-13-6-11-30-31/h4-15H,3,16-18H2,1-2H3,(H2,25,28,29). The highest BCUT2D eigenvalue weighted by Gasteiger charge is 2.06. The molecule has 3 heterocycles. The number of nitrogens with one attached hydrogen (secondary N) is 2. The van der Waals surface area contributed by atoms with Gasteiger partial charge in [-0.15, -0.1) is 0 Å². The minimum atomic E-state index is 0.542. The summed E-state index contributed by atoms with van der Waals surface area (Å²) in [5.74, 6) is 2.54. The van der Waals surface area contributed by atoms with Crippen LogP contribution in [0.5, 0.6) is 0 Å². The van der Waals surface area contributed by atoms with E-state index in [9.17, 15) is 0 Å². The first-order valence-corrected chi connectivity index (χ1v) is 10.7. The quantitative estimate of drug-likeness (QED) is 0.333. The summed E-state index contributed by atoms with van der Waals surface area (Å²) in [7, 11) is 0. The van der Waals surface area contributed by atoms with Crippen LogP contribution in [0.15, 0.2) is 78.4 Å². The lowest BCUT2D eigenvalue weighted by molar-refractivity contribution is 0.677. The van der Waals surface area contributed by atoms with Crippen molar-refractivity contribution < 1.29 is 0 Å². The zero-order valence-electron chi connectivity index (χ0n) is 18.4. The highest BCUT2D eigenvalue weighted by molar-refractivity contribution is 5.79. The van der Waals surface area contributed by atoms with Gasteiger partial charge in [0, 0.05) is 44.1 Å². The van der Waals surface area contributed by atoms with E-state index in [1.54, 1.807) is 12.4 Å². The van der Waals surface area contributed by atoms with E-state index in [1.807, 2.05) is 53.0 Å². The maximum atomic E-state index is 4.73. The fourth-order valence-corrected chi connectivity index (χ4v) is 3.42. The van der Waals surface area contributed by atoms with Gasteiger partial charge in [0.1, 0.15) is 11.6 Å². The summed E-state index contributed by atoms with van der Waals surface area (Å²) in [5.41, 5.74) is 3.49. The third-order valence-electron chi connectivity index (χ3n) is 5.10. The van der Waals surface area contributed by atoms with Gasteiger partial charge in [0.05, 0.1) is 13.1 Å². The van der Waals surface area contributed by atoms with Crippen LogP contribution in [0.25, 0.3) is 5.82 Å². The SMILES string of the molecule is CCNC(=NCc1ccc(-n2ccnc2C)nc1)NCc1ccccc1Cn1cccn1. The van der Waals surface area contributed by atoms with Crippen molar-refractivity contribution in [3.63, 3.8) is 0 Å². The number of aromatic nitrogens is 5. The van der Waals surface area contributed by atoms with Crippen LogP contribution in [0.3, 0.4) is 0 Å². The molecule has 0 aliphatic heterocycles. The number of imidazole rings is 1. The molecule has 0 saturated heterocycles.